The van der Waals surface area contributed by atoms with Crippen molar-refractivity contribution in [2.75, 3.05) is 31.1 Å². The molecule has 1 aliphatic rings. The molecule has 0 atom stereocenters. The first-order valence-electron chi connectivity index (χ1n) is 6.71. The highest BCUT2D eigenvalue weighted by Gasteiger charge is 2.21. The molecule has 0 radical (unpaired) electrons. The van der Waals surface area contributed by atoms with Crippen LogP contribution in [0.5, 0.6) is 5.75 Å². The Morgan fingerprint density at radius 3 is 2.30 bits per heavy atom. The summed E-state index contributed by atoms with van der Waals surface area (Å²) in [6, 6.07) is 2.45. The molecule has 0 spiro atoms. The summed E-state index contributed by atoms with van der Waals surface area (Å²) < 4.78 is 73.2. The van der Waals surface area contributed by atoms with Crippen molar-refractivity contribution in [2.24, 2.45) is 0 Å². The van der Waals surface area contributed by atoms with Crippen LogP contribution in [0.1, 0.15) is 11.1 Å². The Labute approximate surface area is 133 Å². The summed E-state index contributed by atoms with van der Waals surface area (Å²) in [5.41, 5.74) is 0.782. The Morgan fingerprint density at radius 2 is 1.78 bits per heavy atom. The Balaban J connectivity index is 2.50. The second-order valence-electron chi connectivity index (χ2n) is 5.13. The fourth-order valence-electron chi connectivity index (χ4n) is 2.44. The summed E-state index contributed by atoms with van der Waals surface area (Å²) in [5, 5.41) is 3.12. The molecule has 11 heteroatoms. The van der Waals surface area contributed by atoms with E-state index in [1.807, 2.05) is 4.90 Å². The van der Waals surface area contributed by atoms with Gasteiger partial charge < -0.3 is 14.4 Å². The summed E-state index contributed by atoms with van der Waals surface area (Å²) in [6.07, 6.45) is 0. The lowest BCUT2D eigenvalue weighted by Gasteiger charge is -2.31. The number of nitrogens with one attached hydrogen (secondary N) is 1. The second kappa shape index (κ2) is 6.57. The predicted octanol–water partition coefficient (Wildman–Crippen LogP) is 0.797. The number of anilines is 1. The standard InChI is InChI=1S/C12H16F2N2O5S2/c1-9-11(16-4-2-15-3-5-16)6-10(8-22(13,17)18)7-12(9)21-23(14,19)20/h6-7,15H,2-5,8H2,1H3. The minimum Gasteiger partial charge on any atom is -0.369 e. The van der Waals surface area contributed by atoms with E-state index in [1.54, 1.807) is 0 Å². The highest BCUT2D eigenvalue weighted by molar-refractivity contribution is 7.85. The van der Waals surface area contributed by atoms with Crippen molar-refractivity contribution >= 4 is 26.4 Å². The summed E-state index contributed by atoms with van der Waals surface area (Å²) in [4.78, 5) is 1.86. The summed E-state index contributed by atoms with van der Waals surface area (Å²) in [7, 11) is -10.1. The molecule has 1 aromatic carbocycles. The lowest BCUT2D eigenvalue weighted by molar-refractivity contribution is 0.438. The fraction of sp³-hybridized carbons (Fsp3) is 0.500. The fourth-order valence-corrected chi connectivity index (χ4v) is 3.39. The van der Waals surface area contributed by atoms with E-state index in [0.717, 1.165) is 6.07 Å². The number of hydrogen-bond donors (Lipinski definition) is 1. The molecular weight excluding hydrogens is 354 g/mol. The van der Waals surface area contributed by atoms with E-state index in [4.69, 9.17) is 0 Å². The van der Waals surface area contributed by atoms with Crippen LogP contribution in [-0.2, 0) is 26.5 Å². The van der Waals surface area contributed by atoms with Crippen molar-refractivity contribution in [1.82, 2.24) is 5.32 Å². The van der Waals surface area contributed by atoms with E-state index in [9.17, 15) is 24.6 Å². The maximum atomic E-state index is 12.9. The molecular formula is C12H16F2N2O5S2. The van der Waals surface area contributed by atoms with Gasteiger partial charge in [0.2, 0.25) is 0 Å². The molecule has 7 nitrogen and oxygen atoms in total. The molecule has 23 heavy (non-hydrogen) atoms. The number of piperazine rings is 1. The third kappa shape index (κ3) is 5.29. The van der Waals surface area contributed by atoms with Crippen LogP contribution in [0, 0.1) is 6.92 Å². The van der Waals surface area contributed by atoms with E-state index in [2.05, 4.69) is 9.50 Å². The minimum absolute atomic E-state index is 0.0229. The first kappa shape index (κ1) is 17.9. The van der Waals surface area contributed by atoms with Crippen molar-refractivity contribution in [3.05, 3.63) is 23.3 Å². The van der Waals surface area contributed by atoms with Gasteiger partial charge in [0.1, 0.15) is 5.75 Å². The third-order valence-electron chi connectivity index (χ3n) is 3.38. The molecule has 0 bridgehead atoms. The van der Waals surface area contributed by atoms with Crippen molar-refractivity contribution in [3.8, 4) is 5.75 Å². The van der Waals surface area contributed by atoms with Gasteiger partial charge in [0.25, 0.3) is 0 Å². The van der Waals surface area contributed by atoms with Gasteiger partial charge in [-0.2, -0.15) is 16.8 Å². The maximum absolute atomic E-state index is 12.9. The zero-order valence-electron chi connectivity index (χ0n) is 12.3. The monoisotopic (exact) mass is 370 g/mol. The Hall–Kier alpha value is -1.46. The van der Waals surface area contributed by atoms with Crippen molar-refractivity contribution in [3.63, 3.8) is 0 Å². The first-order chi connectivity index (χ1) is 10.6. The number of nitrogens with zero attached hydrogens (tertiary/aromatic N) is 1. The molecule has 0 unspecified atom stereocenters. The summed E-state index contributed by atoms with van der Waals surface area (Å²) in [6.45, 7) is 4.01. The molecule has 0 saturated carbocycles. The number of rotatable bonds is 5. The summed E-state index contributed by atoms with van der Waals surface area (Å²) >= 11 is 0. The molecule has 0 aliphatic carbocycles. The van der Waals surface area contributed by atoms with Crippen molar-refractivity contribution in [1.29, 1.82) is 0 Å². The molecule has 1 fully saturated rings. The van der Waals surface area contributed by atoms with Gasteiger partial charge in [0, 0.05) is 37.4 Å². The van der Waals surface area contributed by atoms with Crippen molar-refractivity contribution < 1.29 is 28.8 Å². The molecule has 1 N–H and O–H groups in total. The molecule has 130 valence electrons. The van der Waals surface area contributed by atoms with Crippen LogP contribution in [0.2, 0.25) is 0 Å². The Kier molecular flexibility index (Phi) is 5.11. The van der Waals surface area contributed by atoms with Crippen LogP contribution in [0.4, 0.5) is 13.5 Å². The number of benzene rings is 1. The lowest BCUT2D eigenvalue weighted by Crippen LogP contribution is -2.43. The Bertz CT molecular complexity index is 790. The molecule has 1 aromatic rings. The predicted molar refractivity (Wildman–Crippen MR) is 80.6 cm³/mol. The average molecular weight is 370 g/mol. The van der Waals surface area contributed by atoms with Gasteiger partial charge in [0.05, 0.1) is 0 Å². The molecule has 2 rings (SSSR count). The minimum atomic E-state index is -5.28. The average Bonchev–Trinajstić information content (AvgIpc) is 2.40. The second-order valence-corrected chi connectivity index (χ2v) is 7.45. The quantitative estimate of drug-likeness (QED) is 0.766. The lowest BCUT2D eigenvalue weighted by atomic mass is 10.1. The van der Waals surface area contributed by atoms with E-state index < -0.39 is 26.5 Å². The van der Waals surface area contributed by atoms with E-state index in [-0.39, 0.29) is 11.3 Å². The molecule has 1 aliphatic heterocycles. The zero-order valence-corrected chi connectivity index (χ0v) is 13.9. The zero-order chi connectivity index (χ0) is 17.3. The largest absolute Gasteiger partial charge is 0.488 e. The summed E-state index contributed by atoms with van der Waals surface area (Å²) in [5.74, 6) is -1.31. The molecule has 1 saturated heterocycles. The van der Waals surface area contributed by atoms with Gasteiger partial charge in [-0.05, 0) is 24.6 Å². The van der Waals surface area contributed by atoms with Gasteiger partial charge in [0.15, 0.2) is 5.75 Å². The van der Waals surface area contributed by atoms with Gasteiger partial charge in [-0.15, -0.1) is 3.89 Å². The van der Waals surface area contributed by atoms with Gasteiger partial charge in [-0.1, -0.05) is 3.89 Å². The topological polar surface area (TPSA) is 92.8 Å². The first-order valence-corrected chi connectivity index (χ1v) is 9.57. The van der Waals surface area contributed by atoms with Crippen LogP contribution in [0.3, 0.4) is 0 Å². The molecule has 1 heterocycles. The van der Waals surface area contributed by atoms with Gasteiger partial charge in [-0.3, -0.25) is 0 Å². The van der Waals surface area contributed by atoms with E-state index in [0.29, 0.717) is 37.4 Å². The van der Waals surface area contributed by atoms with Gasteiger partial charge >= 0.3 is 20.7 Å². The van der Waals surface area contributed by atoms with Crippen LogP contribution >= 0.6 is 0 Å². The molecule has 0 aromatic heterocycles. The van der Waals surface area contributed by atoms with Crippen LogP contribution in [0.15, 0.2) is 12.1 Å². The SMILES string of the molecule is Cc1c(OS(=O)(=O)F)cc(CS(=O)(=O)F)cc1N1CCNCC1. The van der Waals surface area contributed by atoms with E-state index >= 15 is 0 Å². The van der Waals surface area contributed by atoms with Crippen LogP contribution < -0.4 is 14.4 Å². The highest BCUT2D eigenvalue weighted by Crippen LogP contribution is 2.33. The van der Waals surface area contributed by atoms with Crippen LogP contribution in [-0.4, -0.2) is 43.0 Å². The van der Waals surface area contributed by atoms with E-state index in [1.165, 1.54) is 13.0 Å². The maximum Gasteiger partial charge on any atom is 0.488 e. The molecule has 0 amide bonds. The van der Waals surface area contributed by atoms with Crippen molar-refractivity contribution in [2.45, 2.75) is 12.7 Å². The number of hydrogen-bond acceptors (Lipinski definition) is 7. The normalized spacial score (nSPS) is 16.4. The smallest absolute Gasteiger partial charge is 0.369 e. The van der Waals surface area contributed by atoms with Gasteiger partial charge in [-0.25, -0.2) is 0 Å². The Morgan fingerprint density at radius 1 is 1.17 bits per heavy atom. The third-order valence-corrected chi connectivity index (χ3v) is 4.44. The highest BCUT2D eigenvalue weighted by atomic mass is 32.3. The number of halogens is 2. The van der Waals surface area contributed by atoms with Crippen LogP contribution in [0.25, 0.3) is 0 Å².